The Labute approximate surface area is 200 Å². The van der Waals surface area contributed by atoms with Gasteiger partial charge >= 0.3 is 0 Å². The van der Waals surface area contributed by atoms with Gasteiger partial charge in [-0.3, -0.25) is 4.79 Å². The molecule has 0 radical (unpaired) electrons. The number of hydrogen-bond acceptors (Lipinski definition) is 5. The third-order valence-electron chi connectivity index (χ3n) is 6.07. The zero-order valence-corrected chi connectivity index (χ0v) is 19.8. The topological polar surface area (TPSA) is 70.2 Å². The molecule has 4 rings (SSSR count). The number of hydrogen-bond donors (Lipinski definition) is 2. The molecule has 1 fully saturated rings. The van der Waals surface area contributed by atoms with E-state index in [1.165, 1.54) is 0 Å². The minimum absolute atomic E-state index is 0.0871. The Morgan fingerprint density at radius 2 is 1.79 bits per heavy atom. The average Bonchev–Trinajstić information content (AvgIpc) is 2.82. The second-order valence-corrected chi connectivity index (χ2v) is 9.15. The highest BCUT2D eigenvalue weighted by Gasteiger charge is 2.22. The summed E-state index contributed by atoms with van der Waals surface area (Å²) >= 11 is 6.13. The zero-order valence-electron chi connectivity index (χ0n) is 19.1. The molecule has 1 amide bonds. The Kier molecular flexibility index (Phi) is 7.45. The van der Waals surface area contributed by atoms with Gasteiger partial charge in [-0.25, -0.2) is 4.98 Å². The van der Waals surface area contributed by atoms with Gasteiger partial charge in [-0.05, 0) is 61.4 Å². The van der Waals surface area contributed by atoms with E-state index in [4.69, 9.17) is 21.6 Å². The van der Waals surface area contributed by atoms with Crippen molar-refractivity contribution in [2.24, 2.45) is 5.92 Å². The van der Waals surface area contributed by atoms with Crippen LogP contribution in [-0.4, -0.2) is 42.6 Å². The molecular formula is C26H30ClN5O. The second kappa shape index (κ2) is 10.7. The third kappa shape index (κ3) is 6.02. The van der Waals surface area contributed by atoms with E-state index in [-0.39, 0.29) is 5.91 Å². The molecular weight excluding hydrogens is 434 g/mol. The number of halogens is 1. The lowest BCUT2D eigenvalue weighted by Gasteiger charge is -2.29. The molecule has 0 atom stereocenters. The summed E-state index contributed by atoms with van der Waals surface area (Å²) in [5.74, 6) is 2.00. The summed E-state index contributed by atoms with van der Waals surface area (Å²) in [4.78, 5) is 23.7. The van der Waals surface area contributed by atoms with Crippen LogP contribution in [0.5, 0.6) is 0 Å². The summed E-state index contributed by atoms with van der Waals surface area (Å²) in [6.07, 6.45) is 7.48. The van der Waals surface area contributed by atoms with Crippen molar-refractivity contribution in [3.8, 4) is 0 Å². The smallest absolute Gasteiger partial charge is 0.244 e. The Morgan fingerprint density at radius 3 is 2.55 bits per heavy atom. The van der Waals surface area contributed by atoms with Crippen LogP contribution in [0.25, 0.3) is 17.0 Å². The van der Waals surface area contributed by atoms with E-state index in [1.807, 2.05) is 61.5 Å². The van der Waals surface area contributed by atoms with E-state index in [0.717, 1.165) is 48.0 Å². The molecule has 6 nitrogen and oxygen atoms in total. The number of nitrogens with one attached hydrogen (secondary N) is 2. The average molecular weight is 464 g/mol. The van der Waals surface area contributed by atoms with Crippen LogP contribution in [-0.2, 0) is 4.79 Å². The molecule has 7 heteroatoms. The SMILES string of the molecule is CN(C)c1nc(NC2CCC(CNC(=O)/C=C/c3ccccc3Cl)CC2)nc2ccccc12. The molecule has 1 saturated carbocycles. The molecule has 0 aliphatic heterocycles. The Hall–Kier alpha value is -3.12. The quantitative estimate of drug-likeness (QED) is 0.474. The van der Waals surface area contributed by atoms with Crippen LogP contribution in [0.3, 0.4) is 0 Å². The van der Waals surface area contributed by atoms with Crippen LogP contribution < -0.4 is 15.5 Å². The van der Waals surface area contributed by atoms with Crippen molar-refractivity contribution in [2.45, 2.75) is 31.7 Å². The number of para-hydroxylation sites is 1. The maximum Gasteiger partial charge on any atom is 0.244 e. The van der Waals surface area contributed by atoms with Gasteiger partial charge in [-0.1, -0.05) is 41.9 Å². The van der Waals surface area contributed by atoms with Crippen LogP contribution in [0.15, 0.2) is 54.6 Å². The van der Waals surface area contributed by atoms with Crippen molar-refractivity contribution in [2.75, 3.05) is 30.9 Å². The lowest BCUT2D eigenvalue weighted by atomic mass is 9.86. The molecule has 0 bridgehead atoms. The predicted molar refractivity (Wildman–Crippen MR) is 137 cm³/mol. The molecule has 3 aromatic rings. The number of carbonyl (C=O) groups is 1. The molecule has 0 spiro atoms. The lowest BCUT2D eigenvalue weighted by molar-refractivity contribution is -0.116. The van der Waals surface area contributed by atoms with Crippen molar-refractivity contribution in [3.63, 3.8) is 0 Å². The van der Waals surface area contributed by atoms with Gasteiger partial charge in [-0.2, -0.15) is 4.98 Å². The normalized spacial score (nSPS) is 18.4. The molecule has 172 valence electrons. The molecule has 2 aromatic carbocycles. The number of carbonyl (C=O) groups excluding carboxylic acids is 1. The zero-order chi connectivity index (χ0) is 23.2. The van der Waals surface area contributed by atoms with E-state index in [1.54, 1.807) is 12.2 Å². The number of benzene rings is 2. The van der Waals surface area contributed by atoms with Gasteiger partial charge in [0, 0.05) is 43.2 Å². The summed E-state index contributed by atoms with van der Waals surface area (Å²) in [5, 5.41) is 8.26. The van der Waals surface area contributed by atoms with E-state index in [0.29, 0.717) is 29.5 Å². The molecule has 1 aliphatic rings. The number of anilines is 2. The largest absolute Gasteiger partial charge is 0.362 e. The van der Waals surface area contributed by atoms with Gasteiger partial charge < -0.3 is 15.5 Å². The van der Waals surface area contributed by atoms with Crippen LogP contribution in [0.2, 0.25) is 5.02 Å². The first-order valence-corrected chi connectivity index (χ1v) is 11.8. The summed E-state index contributed by atoms with van der Waals surface area (Å²) in [6, 6.07) is 15.9. The fourth-order valence-corrected chi connectivity index (χ4v) is 4.44. The summed E-state index contributed by atoms with van der Waals surface area (Å²) in [7, 11) is 4.00. The van der Waals surface area contributed by atoms with E-state index >= 15 is 0 Å². The van der Waals surface area contributed by atoms with Crippen LogP contribution >= 0.6 is 11.6 Å². The number of fused-ring (bicyclic) bond motifs is 1. The van der Waals surface area contributed by atoms with Gasteiger partial charge in [0.05, 0.1) is 5.52 Å². The lowest BCUT2D eigenvalue weighted by Crippen LogP contribution is -2.33. The Balaban J connectivity index is 1.27. The monoisotopic (exact) mass is 463 g/mol. The molecule has 1 heterocycles. The summed E-state index contributed by atoms with van der Waals surface area (Å²) < 4.78 is 0. The minimum atomic E-state index is -0.0871. The number of amides is 1. The first-order chi connectivity index (χ1) is 16.0. The van der Waals surface area contributed by atoms with Gasteiger partial charge in [-0.15, -0.1) is 0 Å². The Morgan fingerprint density at radius 1 is 1.06 bits per heavy atom. The first kappa shape index (κ1) is 23.1. The molecule has 0 saturated heterocycles. The van der Waals surface area contributed by atoms with Crippen LogP contribution in [0.4, 0.5) is 11.8 Å². The number of aromatic nitrogens is 2. The molecule has 0 unspecified atom stereocenters. The fourth-order valence-electron chi connectivity index (χ4n) is 4.24. The minimum Gasteiger partial charge on any atom is -0.362 e. The van der Waals surface area contributed by atoms with Gasteiger partial charge in [0.1, 0.15) is 5.82 Å². The standard InChI is InChI=1S/C26H30ClN5O/c1-32(2)25-21-8-4-6-10-23(21)30-26(31-25)29-20-14-11-18(12-15-20)17-28-24(33)16-13-19-7-3-5-9-22(19)27/h3-10,13,16,18,20H,11-12,14-15,17H2,1-2H3,(H,28,33)(H,29,30,31)/b16-13+. The van der Waals surface area contributed by atoms with Crippen LogP contribution in [0, 0.1) is 5.92 Å². The summed E-state index contributed by atoms with van der Waals surface area (Å²) in [5.41, 5.74) is 1.79. The number of rotatable bonds is 7. The fraction of sp³-hybridized carbons (Fsp3) is 0.346. The first-order valence-electron chi connectivity index (χ1n) is 11.4. The predicted octanol–water partition coefficient (Wildman–Crippen LogP) is 5.15. The molecule has 1 aliphatic carbocycles. The Bertz CT molecular complexity index is 1140. The molecule has 33 heavy (non-hydrogen) atoms. The van der Waals surface area contributed by atoms with Gasteiger partial charge in [0.25, 0.3) is 0 Å². The van der Waals surface area contributed by atoms with E-state index in [9.17, 15) is 4.79 Å². The highest BCUT2D eigenvalue weighted by molar-refractivity contribution is 6.32. The van der Waals surface area contributed by atoms with E-state index < -0.39 is 0 Å². The van der Waals surface area contributed by atoms with Crippen molar-refractivity contribution >= 4 is 46.3 Å². The van der Waals surface area contributed by atoms with Gasteiger partial charge in [0.2, 0.25) is 11.9 Å². The molecule has 2 N–H and O–H groups in total. The maximum absolute atomic E-state index is 12.2. The third-order valence-corrected chi connectivity index (χ3v) is 6.42. The van der Waals surface area contributed by atoms with Gasteiger partial charge in [0.15, 0.2) is 0 Å². The maximum atomic E-state index is 12.2. The van der Waals surface area contributed by atoms with Crippen molar-refractivity contribution in [3.05, 3.63) is 65.2 Å². The highest BCUT2D eigenvalue weighted by atomic mass is 35.5. The van der Waals surface area contributed by atoms with Crippen molar-refractivity contribution < 1.29 is 4.79 Å². The highest BCUT2D eigenvalue weighted by Crippen LogP contribution is 2.28. The van der Waals surface area contributed by atoms with Crippen molar-refractivity contribution in [1.82, 2.24) is 15.3 Å². The summed E-state index contributed by atoms with van der Waals surface area (Å²) in [6.45, 7) is 0.690. The van der Waals surface area contributed by atoms with Crippen molar-refractivity contribution in [1.29, 1.82) is 0 Å². The second-order valence-electron chi connectivity index (χ2n) is 8.74. The van der Waals surface area contributed by atoms with Crippen LogP contribution in [0.1, 0.15) is 31.2 Å². The number of nitrogens with zero attached hydrogens (tertiary/aromatic N) is 3. The molecule has 1 aromatic heterocycles. The van der Waals surface area contributed by atoms with E-state index in [2.05, 4.69) is 16.7 Å².